The summed E-state index contributed by atoms with van der Waals surface area (Å²) in [6, 6.07) is 1.88. The van der Waals surface area contributed by atoms with Gasteiger partial charge < -0.3 is 9.88 Å². The number of hydrogen-bond donors (Lipinski definition) is 1. The average Bonchev–Trinajstić information content (AvgIpc) is 3.33. The van der Waals surface area contributed by atoms with Crippen LogP contribution in [0.5, 0.6) is 0 Å². The lowest BCUT2D eigenvalue weighted by molar-refractivity contribution is -0.140. The Labute approximate surface area is 188 Å². The van der Waals surface area contributed by atoms with Gasteiger partial charge in [0.25, 0.3) is 5.91 Å². The maximum atomic E-state index is 13.4. The highest BCUT2D eigenvalue weighted by Crippen LogP contribution is 2.47. The summed E-state index contributed by atoms with van der Waals surface area (Å²) in [7, 11) is -3.07. The number of carbonyl (C=O) groups excluding carboxylic acids is 3. The number of hydrogen-bond acceptors (Lipinski definition) is 9. The molecule has 1 atom stereocenters. The van der Waals surface area contributed by atoms with E-state index in [1.807, 2.05) is 11.0 Å². The van der Waals surface area contributed by atoms with E-state index in [9.17, 15) is 22.8 Å². The van der Waals surface area contributed by atoms with Crippen molar-refractivity contribution >= 4 is 55.6 Å². The second-order valence-corrected chi connectivity index (χ2v) is 11.3. The Morgan fingerprint density at radius 1 is 1.28 bits per heavy atom. The molecule has 170 valence electrons. The van der Waals surface area contributed by atoms with Crippen LogP contribution >= 0.6 is 11.8 Å². The summed E-state index contributed by atoms with van der Waals surface area (Å²) < 4.78 is 28.8. The fraction of sp³-hybridized carbons (Fsp3) is 0.526. The number of aromatic amines is 1. The molecule has 0 radical (unpaired) electrons. The number of nitrogens with zero attached hydrogens (tertiary/aromatic N) is 5. The van der Waals surface area contributed by atoms with Crippen LogP contribution in [0.3, 0.4) is 0 Å². The van der Waals surface area contributed by atoms with Crippen molar-refractivity contribution in [2.45, 2.75) is 24.8 Å². The number of fused-ring (bicyclic) bond motifs is 1. The van der Waals surface area contributed by atoms with Gasteiger partial charge in [0.1, 0.15) is 17.8 Å². The Bertz CT molecular complexity index is 1210. The van der Waals surface area contributed by atoms with Crippen molar-refractivity contribution in [3.8, 4) is 0 Å². The average molecular weight is 479 g/mol. The molecule has 2 aromatic rings. The molecule has 1 amide bonds. The number of carbonyl (C=O) groups is 3. The van der Waals surface area contributed by atoms with Crippen LogP contribution in [0.25, 0.3) is 11.0 Å². The quantitative estimate of drug-likeness (QED) is 0.610. The van der Waals surface area contributed by atoms with Gasteiger partial charge in [-0.2, -0.15) is 12.7 Å². The van der Waals surface area contributed by atoms with E-state index in [4.69, 9.17) is 0 Å². The summed E-state index contributed by atoms with van der Waals surface area (Å²) in [4.78, 5) is 50.9. The molecular formula is C19H22N6O5S2. The van der Waals surface area contributed by atoms with Crippen molar-refractivity contribution in [1.29, 1.82) is 0 Å². The van der Waals surface area contributed by atoms with Crippen molar-refractivity contribution in [3.05, 3.63) is 18.6 Å². The van der Waals surface area contributed by atoms with Crippen molar-refractivity contribution in [3.63, 3.8) is 0 Å². The van der Waals surface area contributed by atoms with Gasteiger partial charge in [-0.25, -0.2) is 14.3 Å². The number of H-pyrrole nitrogens is 1. The van der Waals surface area contributed by atoms with Gasteiger partial charge in [-0.1, -0.05) is 11.8 Å². The minimum Gasteiger partial charge on any atom is -0.353 e. The standard InChI is InChI=1S/C19H22N6O5S2/c1-23(17(27)14-13(26)3-9-31-18(14)28)32(29,30)25-8-7-24(10-19(25)4-5-19)16-12-2-6-20-15(12)21-11-22-16/h2,6,11,14H,3-5,7-10H2,1H3,(H,20,21,22). The number of nitrogens with one attached hydrogen (secondary N) is 1. The highest BCUT2D eigenvalue weighted by atomic mass is 32.2. The predicted octanol–water partition coefficient (Wildman–Crippen LogP) is 0.165. The molecule has 1 unspecified atom stereocenters. The van der Waals surface area contributed by atoms with E-state index in [2.05, 4.69) is 15.0 Å². The van der Waals surface area contributed by atoms with Crippen LogP contribution in [0.1, 0.15) is 19.3 Å². The van der Waals surface area contributed by atoms with Gasteiger partial charge >= 0.3 is 10.2 Å². The molecule has 2 saturated heterocycles. The minimum atomic E-state index is -4.20. The predicted molar refractivity (Wildman–Crippen MR) is 117 cm³/mol. The zero-order valence-corrected chi connectivity index (χ0v) is 19.0. The number of piperazine rings is 1. The number of amides is 1. The van der Waals surface area contributed by atoms with Gasteiger partial charge in [0.2, 0.25) is 5.12 Å². The molecule has 4 heterocycles. The molecular weight excluding hydrogens is 456 g/mol. The molecule has 3 fully saturated rings. The summed E-state index contributed by atoms with van der Waals surface area (Å²) in [5.74, 6) is -1.99. The number of ketones is 1. The minimum absolute atomic E-state index is 0.0792. The van der Waals surface area contributed by atoms with Crippen LogP contribution in [0.15, 0.2) is 18.6 Å². The van der Waals surface area contributed by atoms with Gasteiger partial charge in [0.15, 0.2) is 11.7 Å². The summed E-state index contributed by atoms with van der Waals surface area (Å²) in [6.07, 6.45) is 4.64. The first-order valence-corrected chi connectivity index (χ1v) is 12.7. The largest absolute Gasteiger partial charge is 0.353 e. The molecule has 0 aromatic carbocycles. The van der Waals surface area contributed by atoms with E-state index < -0.39 is 38.5 Å². The third kappa shape index (κ3) is 3.30. The normalized spacial score (nSPS) is 23.7. The Kier molecular flexibility index (Phi) is 5.02. The fourth-order valence-corrected chi connectivity index (χ4v) is 7.03. The van der Waals surface area contributed by atoms with Crippen LogP contribution in [-0.2, 0) is 24.6 Å². The number of Topliss-reactive ketones (excluding diaryl/α,β-unsaturated/α-hetero) is 1. The number of anilines is 1. The van der Waals surface area contributed by atoms with Crippen molar-refractivity contribution in [2.75, 3.05) is 37.3 Å². The van der Waals surface area contributed by atoms with E-state index in [0.717, 1.165) is 30.0 Å². The van der Waals surface area contributed by atoms with Gasteiger partial charge in [-0.3, -0.25) is 14.4 Å². The van der Waals surface area contributed by atoms with Gasteiger partial charge in [-0.05, 0) is 18.9 Å². The molecule has 1 spiro atoms. The molecule has 1 aliphatic carbocycles. The van der Waals surface area contributed by atoms with E-state index in [-0.39, 0.29) is 13.0 Å². The first kappa shape index (κ1) is 21.3. The Morgan fingerprint density at radius 2 is 2.06 bits per heavy atom. The molecule has 1 saturated carbocycles. The van der Waals surface area contributed by atoms with E-state index >= 15 is 0 Å². The molecule has 13 heteroatoms. The van der Waals surface area contributed by atoms with Crippen LogP contribution in [-0.4, -0.2) is 86.8 Å². The Balaban J connectivity index is 1.38. The molecule has 3 aliphatic rings. The monoisotopic (exact) mass is 478 g/mol. The lowest BCUT2D eigenvalue weighted by Gasteiger charge is -2.43. The Morgan fingerprint density at radius 3 is 2.78 bits per heavy atom. The number of rotatable bonds is 4. The topological polar surface area (TPSA) is 137 Å². The van der Waals surface area contributed by atoms with Crippen molar-refractivity contribution in [2.24, 2.45) is 5.92 Å². The first-order chi connectivity index (χ1) is 15.2. The van der Waals surface area contributed by atoms with Crippen molar-refractivity contribution < 1.29 is 22.8 Å². The maximum absolute atomic E-state index is 13.4. The van der Waals surface area contributed by atoms with E-state index in [0.29, 0.717) is 41.6 Å². The summed E-state index contributed by atoms with van der Waals surface area (Å²) in [5, 5.41) is 0.275. The van der Waals surface area contributed by atoms with Gasteiger partial charge in [0, 0.05) is 45.1 Å². The first-order valence-electron chi connectivity index (χ1n) is 10.3. The van der Waals surface area contributed by atoms with Crippen LogP contribution in [0.4, 0.5) is 5.82 Å². The second kappa shape index (κ2) is 7.52. The van der Waals surface area contributed by atoms with E-state index in [1.165, 1.54) is 10.6 Å². The maximum Gasteiger partial charge on any atom is 0.306 e. The SMILES string of the molecule is CN(C(=O)C1C(=O)CCSC1=O)S(=O)(=O)N1CCN(c2ncnc3[nH]ccc23)CC12CC2. The van der Waals surface area contributed by atoms with Crippen LogP contribution in [0, 0.1) is 5.92 Å². The molecule has 11 nitrogen and oxygen atoms in total. The molecule has 5 rings (SSSR count). The highest BCUT2D eigenvalue weighted by molar-refractivity contribution is 8.13. The zero-order chi connectivity index (χ0) is 22.7. The lowest BCUT2D eigenvalue weighted by Crippen LogP contribution is -2.61. The molecule has 2 aliphatic heterocycles. The molecule has 32 heavy (non-hydrogen) atoms. The number of thioether (sulfide) groups is 1. The molecule has 2 aromatic heterocycles. The van der Waals surface area contributed by atoms with Gasteiger partial charge in [-0.15, -0.1) is 0 Å². The highest BCUT2D eigenvalue weighted by Gasteiger charge is 2.58. The second-order valence-electron chi connectivity index (χ2n) is 8.29. The smallest absolute Gasteiger partial charge is 0.306 e. The molecule has 1 N–H and O–H groups in total. The molecule has 0 bridgehead atoms. The third-order valence-corrected chi connectivity index (χ3v) is 9.31. The third-order valence-electron chi connectivity index (χ3n) is 6.38. The Hall–Kier alpha value is -2.51. The fourth-order valence-electron chi connectivity index (χ4n) is 4.46. The summed E-state index contributed by atoms with van der Waals surface area (Å²) >= 11 is 0.897. The van der Waals surface area contributed by atoms with Crippen LogP contribution < -0.4 is 4.90 Å². The lowest BCUT2D eigenvalue weighted by atomic mass is 10.0. The van der Waals surface area contributed by atoms with Gasteiger partial charge in [0.05, 0.1) is 10.9 Å². The zero-order valence-electron chi connectivity index (χ0n) is 17.4. The van der Waals surface area contributed by atoms with Crippen LogP contribution in [0.2, 0.25) is 0 Å². The number of aromatic nitrogens is 3. The van der Waals surface area contributed by atoms with Crippen molar-refractivity contribution in [1.82, 2.24) is 23.6 Å². The summed E-state index contributed by atoms with van der Waals surface area (Å²) in [5.41, 5.74) is 0.0639. The summed E-state index contributed by atoms with van der Waals surface area (Å²) in [6.45, 7) is 0.983. The van der Waals surface area contributed by atoms with E-state index in [1.54, 1.807) is 6.20 Å².